The fourth-order valence-corrected chi connectivity index (χ4v) is 2.85. The first-order chi connectivity index (χ1) is 9.70. The van der Waals surface area contributed by atoms with Crippen molar-refractivity contribution in [1.82, 2.24) is 19.7 Å². The average molecular weight is 292 g/mol. The molecule has 1 amide bonds. The molecule has 0 atom stereocenters. The maximum absolute atomic E-state index is 12.4. The summed E-state index contributed by atoms with van der Waals surface area (Å²) in [4.78, 5) is 25.0. The van der Waals surface area contributed by atoms with Crippen LogP contribution in [0.1, 0.15) is 25.8 Å². The lowest BCUT2D eigenvalue weighted by Gasteiger charge is -2.00. The molecule has 1 aliphatic rings. The fraction of sp³-hybridized carbons (Fsp3) is 0.462. The molecule has 2 aromatic rings. The largest absolute Gasteiger partial charge is 0.355 e. The molecule has 20 heavy (non-hydrogen) atoms. The molecule has 0 saturated heterocycles. The lowest BCUT2D eigenvalue weighted by atomic mass is 10.4. The van der Waals surface area contributed by atoms with E-state index in [1.807, 2.05) is 24.4 Å². The molecule has 0 aliphatic heterocycles. The van der Waals surface area contributed by atoms with Crippen LogP contribution in [-0.2, 0) is 11.3 Å². The highest BCUT2D eigenvalue weighted by molar-refractivity contribution is 7.13. The highest BCUT2D eigenvalue weighted by atomic mass is 32.1. The minimum atomic E-state index is -0.192. The van der Waals surface area contributed by atoms with Crippen molar-refractivity contribution in [2.45, 2.75) is 32.4 Å². The standard InChI is InChI=1S/C13H16N4O2S/c1-2-14-11(18)8-16-13(19)17(9-5-6-9)12(15-16)10-4-3-7-20-10/h3-4,7,9H,2,5-6,8H2,1H3,(H,14,18). The zero-order valence-electron chi connectivity index (χ0n) is 11.2. The summed E-state index contributed by atoms with van der Waals surface area (Å²) < 4.78 is 2.99. The Bertz CT molecular complexity index is 667. The minimum absolute atomic E-state index is 0.0230. The van der Waals surface area contributed by atoms with E-state index in [0.717, 1.165) is 17.7 Å². The number of rotatable bonds is 5. The monoisotopic (exact) mass is 292 g/mol. The van der Waals surface area contributed by atoms with Crippen LogP contribution in [0.5, 0.6) is 0 Å². The molecule has 106 valence electrons. The van der Waals surface area contributed by atoms with Gasteiger partial charge >= 0.3 is 5.69 Å². The molecule has 7 heteroatoms. The van der Waals surface area contributed by atoms with E-state index in [4.69, 9.17) is 0 Å². The molecule has 0 unspecified atom stereocenters. The first-order valence-electron chi connectivity index (χ1n) is 6.70. The van der Waals surface area contributed by atoms with Gasteiger partial charge in [-0.3, -0.25) is 9.36 Å². The van der Waals surface area contributed by atoms with Gasteiger partial charge in [-0.25, -0.2) is 9.48 Å². The number of carbonyl (C=O) groups excluding carboxylic acids is 1. The van der Waals surface area contributed by atoms with Gasteiger partial charge in [-0.05, 0) is 31.2 Å². The zero-order chi connectivity index (χ0) is 14.1. The van der Waals surface area contributed by atoms with Gasteiger partial charge in [-0.15, -0.1) is 16.4 Å². The van der Waals surface area contributed by atoms with Crippen LogP contribution in [0.15, 0.2) is 22.3 Å². The van der Waals surface area contributed by atoms with Crippen LogP contribution in [0, 0.1) is 0 Å². The molecule has 3 rings (SSSR count). The summed E-state index contributed by atoms with van der Waals surface area (Å²) in [7, 11) is 0. The lowest BCUT2D eigenvalue weighted by molar-refractivity contribution is -0.121. The summed E-state index contributed by atoms with van der Waals surface area (Å²) in [6, 6.07) is 4.12. The third kappa shape index (κ3) is 2.40. The van der Waals surface area contributed by atoms with E-state index in [2.05, 4.69) is 10.4 Å². The van der Waals surface area contributed by atoms with E-state index in [1.165, 1.54) is 4.68 Å². The van der Waals surface area contributed by atoms with Gasteiger partial charge in [-0.1, -0.05) is 6.07 Å². The minimum Gasteiger partial charge on any atom is -0.355 e. The van der Waals surface area contributed by atoms with Crippen molar-refractivity contribution in [3.8, 4) is 10.7 Å². The summed E-state index contributed by atoms with van der Waals surface area (Å²) in [6.45, 7) is 2.38. The van der Waals surface area contributed by atoms with E-state index in [1.54, 1.807) is 15.9 Å². The first-order valence-corrected chi connectivity index (χ1v) is 7.58. The van der Waals surface area contributed by atoms with Gasteiger partial charge in [-0.2, -0.15) is 0 Å². The van der Waals surface area contributed by atoms with E-state index < -0.39 is 0 Å². The molecule has 2 aromatic heterocycles. The molecule has 0 radical (unpaired) electrons. The Morgan fingerprint density at radius 3 is 2.95 bits per heavy atom. The Morgan fingerprint density at radius 2 is 2.35 bits per heavy atom. The van der Waals surface area contributed by atoms with Crippen molar-refractivity contribution in [3.63, 3.8) is 0 Å². The molecule has 2 heterocycles. The van der Waals surface area contributed by atoms with E-state index >= 15 is 0 Å². The Kier molecular flexibility index (Phi) is 3.43. The third-order valence-electron chi connectivity index (χ3n) is 3.19. The summed E-state index contributed by atoms with van der Waals surface area (Å²) in [5, 5.41) is 8.99. The Morgan fingerprint density at radius 1 is 1.55 bits per heavy atom. The lowest BCUT2D eigenvalue weighted by Crippen LogP contribution is -2.33. The second kappa shape index (κ2) is 5.24. The Hall–Kier alpha value is -1.89. The molecule has 1 aliphatic carbocycles. The number of nitrogens with one attached hydrogen (secondary N) is 1. The van der Waals surface area contributed by atoms with Crippen LogP contribution < -0.4 is 11.0 Å². The molecule has 1 fully saturated rings. The van der Waals surface area contributed by atoms with Gasteiger partial charge in [0.05, 0.1) is 4.88 Å². The Balaban J connectivity index is 1.98. The molecule has 1 N–H and O–H groups in total. The van der Waals surface area contributed by atoms with E-state index in [-0.39, 0.29) is 24.2 Å². The first kappa shape index (κ1) is 13.1. The molecule has 6 nitrogen and oxygen atoms in total. The van der Waals surface area contributed by atoms with E-state index in [9.17, 15) is 9.59 Å². The van der Waals surface area contributed by atoms with Crippen LogP contribution in [0.25, 0.3) is 10.7 Å². The summed E-state index contributed by atoms with van der Waals surface area (Å²) in [5.41, 5.74) is -0.192. The molecule has 0 spiro atoms. The predicted octanol–water partition coefficient (Wildman–Crippen LogP) is 1.24. The summed E-state index contributed by atoms with van der Waals surface area (Å²) in [5.74, 6) is 0.490. The average Bonchev–Trinajstić information content (AvgIpc) is 3.00. The number of hydrogen-bond acceptors (Lipinski definition) is 4. The number of aromatic nitrogens is 3. The quantitative estimate of drug-likeness (QED) is 0.901. The van der Waals surface area contributed by atoms with Crippen LogP contribution in [-0.4, -0.2) is 26.8 Å². The van der Waals surface area contributed by atoms with Crippen molar-refractivity contribution in [1.29, 1.82) is 0 Å². The fourth-order valence-electron chi connectivity index (χ4n) is 2.15. The van der Waals surface area contributed by atoms with Crippen molar-refractivity contribution < 1.29 is 4.79 Å². The molecular formula is C13H16N4O2S. The van der Waals surface area contributed by atoms with Gasteiger partial charge in [0.1, 0.15) is 6.54 Å². The van der Waals surface area contributed by atoms with Gasteiger partial charge in [0.2, 0.25) is 5.91 Å². The van der Waals surface area contributed by atoms with Crippen molar-refractivity contribution in [3.05, 3.63) is 28.0 Å². The Labute approximate surface area is 120 Å². The highest BCUT2D eigenvalue weighted by Crippen LogP contribution is 2.37. The van der Waals surface area contributed by atoms with Crippen LogP contribution in [0.2, 0.25) is 0 Å². The number of amides is 1. The van der Waals surface area contributed by atoms with Gasteiger partial charge in [0, 0.05) is 12.6 Å². The highest BCUT2D eigenvalue weighted by Gasteiger charge is 2.30. The summed E-state index contributed by atoms with van der Waals surface area (Å²) in [6.07, 6.45) is 2.01. The van der Waals surface area contributed by atoms with Gasteiger partial charge < -0.3 is 5.32 Å². The number of nitrogens with zero attached hydrogens (tertiary/aromatic N) is 3. The summed E-state index contributed by atoms with van der Waals surface area (Å²) >= 11 is 1.55. The van der Waals surface area contributed by atoms with Crippen molar-refractivity contribution in [2.24, 2.45) is 0 Å². The zero-order valence-corrected chi connectivity index (χ0v) is 12.0. The van der Waals surface area contributed by atoms with Crippen LogP contribution >= 0.6 is 11.3 Å². The van der Waals surface area contributed by atoms with Crippen LogP contribution in [0.3, 0.4) is 0 Å². The van der Waals surface area contributed by atoms with Crippen LogP contribution in [0.4, 0.5) is 0 Å². The van der Waals surface area contributed by atoms with Gasteiger partial charge in [0.25, 0.3) is 0 Å². The molecule has 1 saturated carbocycles. The second-order valence-corrected chi connectivity index (χ2v) is 5.74. The number of likely N-dealkylation sites (N-methyl/N-ethyl adjacent to an activating group) is 1. The normalized spacial score (nSPS) is 14.4. The number of hydrogen-bond donors (Lipinski definition) is 1. The smallest absolute Gasteiger partial charge is 0.346 e. The predicted molar refractivity (Wildman–Crippen MR) is 76.8 cm³/mol. The topological polar surface area (TPSA) is 68.9 Å². The maximum atomic E-state index is 12.4. The third-order valence-corrected chi connectivity index (χ3v) is 4.06. The maximum Gasteiger partial charge on any atom is 0.346 e. The van der Waals surface area contributed by atoms with Crippen molar-refractivity contribution in [2.75, 3.05) is 6.54 Å². The number of thiophene rings is 1. The second-order valence-electron chi connectivity index (χ2n) is 4.80. The molecule has 0 bridgehead atoms. The van der Waals surface area contributed by atoms with Gasteiger partial charge in [0.15, 0.2) is 5.82 Å². The molecule has 0 aromatic carbocycles. The van der Waals surface area contributed by atoms with E-state index in [0.29, 0.717) is 12.4 Å². The SMILES string of the molecule is CCNC(=O)Cn1nc(-c2cccs2)n(C2CC2)c1=O. The number of carbonyl (C=O) groups is 1. The van der Waals surface area contributed by atoms with Crippen molar-refractivity contribution >= 4 is 17.2 Å². The molecular weight excluding hydrogens is 276 g/mol.